The molecule has 3 aliphatic heterocycles. The first-order valence-electron chi connectivity index (χ1n) is 9.23. The van der Waals surface area contributed by atoms with Crippen molar-refractivity contribution in [1.82, 2.24) is 4.90 Å². The number of ether oxygens (including phenoxy) is 4. The molecule has 2 aromatic rings. The number of carbonyl (C=O) groups excluding carboxylic acids is 1. The number of likely N-dealkylation sites (tertiary alicyclic amines) is 1. The third kappa shape index (κ3) is 2.90. The summed E-state index contributed by atoms with van der Waals surface area (Å²) in [5.74, 6) is 1.91. The first-order chi connectivity index (χ1) is 13.1. The zero-order valence-corrected chi connectivity index (χ0v) is 15.2. The van der Waals surface area contributed by atoms with Crippen LogP contribution in [0.5, 0.6) is 17.2 Å². The van der Waals surface area contributed by atoms with E-state index in [2.05, 4.69) is 12.1 Å². The summed E-state index contributed by atoms with van der Waals surface area (Å²) in [5.41, 5.74) is 3.18. The van der Waals surface area contributed by atoms with E-state index in [4.69, 9.17) is 18.9 Å². The van der Waals surface area contributed by atoms with E-state index in [0.717, 1.165) is 33.9 Å². The molecule has 3 aliphatic rings. The lowest BCUT2D eigenvalue weighted by Gasteiger charge is -2.43. The van der Waals surface area contributed by atoms with Gasteiger partial charge < -0.3 is 23.8 Å². The molecule has 0 saturated carbocycles. The van der Waals surface area contributed by atoms with Crippen LogP contribution in [-0.4, -0.2) is 36.5 Å². The van der Waals surface area contributed by atoms with Gasteiger partial charge in [-0.25, -0.2) is 0 Å². The molecule has 6 nitrogen and oxygen atoms in total. The van der Waals surface area contributed by atoms with E-state index in [1.165, 1.54) is 0 Å². The number of fused-ring (bicyclic) bond motifs is 2. The zero-order chi connectivity index (χ0) is 18.4. The monoisotopic (exact) mass is 367 g/mol. The molecule has 3 heterocycles. The molecule has 1 amide bonds. The van der Waals surface area contributed by atoms with Gasteiger partial charge in [0.05, 0.1) is 6.61 Å². The second-order valence-electron chi connectivity index (χ2n) is 7.20. The van der Waals surface area contributed by atoms with Crippen LogP contribution >= 0.6 is 0 Å². The van der Waals surface area contributed by atoms with Crippen LogP contribution < -0.4 is 14.2 Å². The lowest BCUT2D eigenvalue weighted by atomic mass is 9.99. The molecule has 0 aromatic heterocycles. The van der Waals surface area contributed by atoms with Crippen molar-refractivity contribution in [2.75, 3.05) is 19.9 Å². The van der Waals surface area contributed by atoms with Crippen molar-refractivity contribution in [3.05, 3.63) is 42.0 Å². The number of hydrogen-bond donors (Lipinski definition) is 0. The highest BCUT2D eigenvalue weighted by molar-refractivity contribution is 5.73. The Morgan fingerprint density at radius 3 is 2.44 bits per heavy atom. The highest BCUT2D eigenvalue weighted by Crippen LogP contribution is 2.41. The van der Waals surface area contributed by atoms with Gasteiger partial charge in [-0.15, -0.1) is 0 Å². The third-order valence-corrected chi connectivity index (χ3v) is 5.52. The van der Waals surface area contributed by atoms with Crippen LogP contribution in [0.3, 0.4) is 0 Å². The van der Waals surface area contributed by atoms with E-state index in [-0.39, 0.29) is 12.7 Å². The molecule has 1 fully saturated rings. The molecular formula is C21H21NO5. The minimum absolute atomic E-state index is 0.106. The quantitative estimate of drug-likeness (QED) is 0.774. The number of carbonyl (C=O) groups is 1. The molecule has 6 heteroatoms. The molecule has 0 unspecified atom stereocenters. The molecule has 5 rings (SSSR count). The number of nitrogens with zero attached hydrogens (tertiary/aromatic N) is 1. The van der Waals surface area contributed by atoms with Gasteiger partial charge in [-0.2, -0.15) is 0 Å². The molecule has 1 spiro atoms. The van der Waals surface area contributed by atoms with Crippen molar-refractivity contribution < 1.29 is 23.7 Å². The standard InChI is InChI=1S/C21H21NO5/c1-14(23)22-8-6-21(7-9-22)26-12-17-10-15(2-4-18(17)27-21)16-3-5-19-20(11-16)25-13-24-19/h2-5,10-11H,6-9,12-13H2,1H3. The van der Waals surface area contributed by atoms with Crippen molar-refractivity contribution >= 4 is 5.91 Å². The van der Waals surface area contributed by atoms with Crippen molar-refractivity contribution in [1.29, 1.82) is 0 Å². The van der Waals surface area contributed by atoms with Crippen LogP contribution in [0.1, 0.15) is 25.3 Å². The van der Waals surface area contributed by atoms with Crippen LogP contribution in [0.25, 0.3) is 11.1 Å². The van der Waals surface area contributed by atoms with E-state index < -0.39 is 5.79 Å². The topological polar surface area (TPSA) is 57.2 Å². The van der Waals surface area contributed by atoms with Crippen LogP contribution in [0.2, 0.25) is 0 Å². The molecule has 140 valence electrons. The summed E-state index contributed by atoms with van der Waals surface area (Å²) in [6.07, 6.45) is 1.38. The molecular weight excluding hydrogens is 346 g/mol. The number of piperidine rings is 1. The fourth-order valence-corrected chi connectivity index (χ4v) is 3.90. The Bertz CT molecular complexity index is 901. The van der Waals surface area contributed by atoms with Gasteiger partial charge in [0.15, 0.2) is 11.5 Å². The van der Waals surface area contributed by atoms with Crippen LogP contribution in [-0.2, 0) is 16.1 Å². The Hall–Kier alpha value is -2.73. The van der Waals surface area contributed by atoms with Crippen molar-refractivity contribution in [2.24, 2.45) is 0 Å². The Labute approximate surface area is 157 Å². The number of rotatable bonds is 1. The second-order valence-corrected chi connectivity index (χ2v) is 7.20. The van der Waals surface area contributed by atoms with E-state index in [9.17, 15) is 4.79 Å². The summed E-state index contributed by atoms with van der Waals surface area (Å²) in [5, 5.41) is 0. The zero-order valence-electron chi connectivity index (χ0n) is 15.2. The minimum atomic E-state index is -0.612. The fourth-order valence-electron chi connectivity index (χ4n) is 3.90. The summed E-state index contributed by atoms with van der Waals surface area (Å²) in [7, 11) is 0. The Balaban J connectivity index is 1.36. The summed E-state index contributed by atoms with van der Waals surface area (Å²) >= 11 is 0. The van der Waals surface area contributed by atoms with Gasteiger partial charge in [0.1, 0.15) is 5.75 Å². The fraction of sp³-hybridized carbons (Fsp3) is 0.381. The lowest BCUT2D eigenvalue weighted by Crippen LogP contribution is -2.52. The summed E-state index contributed by atoms with van der Waals surface area (Å²) in [6, 6.07) is 12.1. The third-order valence-electron chi connectivity index (χ3n) is 5.52. The molecule has 27 heavy (non-hydrogen) atoms. The minimum Gasteiger partial charge on any atom is -0.462 e. The van der Waals surface area contributed by atoms with Gasteiger partial charge in [-0.05, 0) is 35.4 Å². The first kappa shape index (κ1) is 16.4. The van der Waals surface area contributed by atoms with Crippen molar-refractivity contribution in [3.8, 4) is 28.4 Å². The SMILES string of the molecule is CC(=O)N1CCC2(CC1)OCc1cc(-c3ccc4c(c3)OCO4)ccc1O2. The van der Waals surface area contributed by atoms with Crippen LogP contribution in [0.4, 0.5) is 0 Å². The van der Waals surface area contributed by atoms with Gasteiger partial charge in [-0.1, -0.05) is 12.1 Å². The van der Waals surface area contributed by atoms with Gasteiger partial charge in [-0.3, -0.25) is 4.79 Å². The summed E-state index contributed by atoms with van der Waals surface area (Å²) in [4.78, 5) is 13.4. The average Bonchev–Trinajstić information content (AvgIpc) is 3.16. The first-order valence-corrected chi connectivity index (χ1v) is 9.23. The molecule has 0 atom stereocenters. The predicted molar refractivity (Wildman–Crippen MR) is 97.6 cm³/mol. The molecule has 0 radical (unpaired) electrons. The molecule has 0 bridgehead atoms. The summed E-state index contributed by atoms with van der Waals surface area (Å²) in [6.45, 7) is 3.72. The predicted octanol–water partition coefficient (Wildman–Crippen LogP) is 3.33. The molecule has 0 N–H and O–H groups in total. The highest BCUT2D eigenvalue weighted by Gasteiger charge is 2.41. The smallest absolute Gasteiger partial charge is 0.231 e. The number of amides is 1. The second kappa shape index (κ2) is 6.16. The number of hydrogen-bond acceptors (Lipinski definition) is 5. The van der Waals surface area contributed by atoms with E-state index >= 15 is 0 Å². The normalized spacial score (nSPS) is 19.5. The van der Waals surface area contributed by atoms with Gasteiger partial charge in [0.25, 0.3) is 0 Å². The van der Waals surface area contributed by atoms with E-state index in [1.807, 2.05) is 29.2 Å². The maximum absolute atomic E-state index is 11.5. The Kier molecular flexibility index (Phi) is 3.75. The summed E-state index contributed by atoms with van der Waals surface area (Å²) < 4.78 is 23.2. The van der Waals surface area contributed by atoms with Crippen LogP contribution in [0.15, 0.2) is 36.4 Å². The highest BCUT2D eigenvalue weighted by atomic mass is 16.7. The van der Waals surface area contributed by atoms with Crippen molar-refractivity contribution in [3.63, 3.8) is 0 Å². The van der Waals surface area contributed by atoms with Gasteiger partial charge in [0.2, 0.25) is 18.5 Å². The molecule has 1 saturated heterocycles. The van der Waals surface area contributed by atoms with Gasteiger partial charge in [0, 0.05) is 38.4 Å². The van der Waals surface area contributed by atoms with Crippen molar-refractivity contribution in [2.45, 2.75) is 32.2 Å². The molecule has 0 aliphatic carbocycles. The number of benzene rings is 2. The van der Waals surface area contributed by atoms with E-state index in [1.54, 1.807) is 6.92 Å². The average molecular weight is 367 g/mol. The Morgan fingerprint density at radius 1 is 0.963 bits per heavy atom. The maximum atomic E-state index is 11.5. The lowest BCUT2D eigenvalue weighted by molar-refractivity contribution is -0.227. The molecule has 2 aromatic carbocycles. The van der Waals surface area contributed by atoms with E-state index in [0.29, 0.717) is 32.5 Å². The van der Waals surface area contributed by atoms with Crippen LogP contribution in [0, 0.1) is 0 Å². The maximum Gasteiger partial charge on any atom is 0.231 e. The van der Waals surface area contributed by atoms with Gasteiger partial charge >= 0.3 is 0 Å². The largest absolute Gasteiger partial charge is 0.462 e. The Morgan fingerprint density at radius 2 is 1.67 bits per heavy atom.